The number of aromatic nitrogens is 2. The van der Waals surface area contributed by atoms with Gasteiger partial charge in [0.1, 0.15) is 6.61 Å². The highest BCUT2D eigenvalue weighted by Gasteiger charge is 2.12. The van der Waals surface area contributed by atoms with Crippen LogP contribution in [0.2, 0.25) is 0 Å². The van der Waals surface area contributed by atoms with E-state index in [1.807, 2.05) is 24.3 Å². The number of ether oxygens (including phenoxy) is 1. The summed E-state index contributed by atoms with van der Waals surface area (Å²) in [5.74, 6) is 1.21. The van der Waals surface area contributed by atoms with Crippen LogP contribution in [0.1, 0.15) is 31.2 Å². The summed E-state index contributed by atoms with van der Waals surface area (Å²) in [7, 11) is 1.48. The number of ketones is 1. The molecule has 0 saturated carbocycles. The lowest BCUT2D eigenvalue weighted by molar-refractivity contribution is -0.122. The van der Waals surface area contributed by atoms with Crippen molar-refractivity contribution >= 4 is 5.78 Å². The lowest BCUT2D eigenvalue weighted by Crippen LogP contribution is -2.09. The van der Waals surface area contributed by atoms with E-state index in [2.05, 4.69) is 24.0 Å². The molecular formula is C15H18N2O3. The van der Waals surface area contributed by atoms with Crippen LogP contribution in [0.25, 0.3) is 11.4 Å². The number of Topliss-reactive ketones (excluding diaryl/α,β-unsaturated/α-hetero) is 1. The zero-order valence-electron chi connectivity index (χ0n) is 11.9. The van der Waals surface area contributed by atoms with Crippen LogP contribution in [0.4, 0.5) is 0 Å². The van der Waals surface area contributed by atoms with Crippen molar-refractivity contribution in [3.63, 3.8) is 0 Å². The summed E-state index contributed by atoms with van der Waals surface area (Å²) in [6.45, 7) is 4.34. The van der Waals surface area contributed by atoms with Gasteiger partial charge < -0.3 is 9.26 Å². The van der Waals surface area contributed by atoms with Crippen LogP contribution in [-0.2, 0) is 16.0 Å². The Bertz CT molecular complexity index is 573. The van der Waals surface area contributed by atoms with Gasteiger partial charge in [-0.3, -0.25) is 4.79 Å². The van der Waals surface area contributed by atoms with Crippen molar-refractivity contribution in [1.29, 1.82) is 0 Å². The Morgan fingerprint density at radius 3 is 2.60 bits per heavy atom. The molecule has 106 valence electrons. The quantitative estimate of drug-likeness (QED) is 0.810. The lowest BCUT2D eigenvalue weighted by Gasteiger charge is -2.04. The van der Waals surface area contributed by atoms with Gasteiger partial charge in [-0.15, -0.1) is 0 Å². The van der Waals surface area contributed by atoms with Crippen molar-refractivity contribution in [2.75, 3.05) is 13.7 Å². The molecule has 0 atom stereocenters. The van der Waals surface area contributed by atoms with Crippen LogP contribution in [0.3, 0.4) is 0 Å². The highest BCUT2D eigenvalue weighted by molar-refractivity contribution is 5.81. The summed E-state index contributed by atoms with van der Waals surface area (Å²) in [6, 6.07) is 8.01. The number of hydrogen-bond donors (Lipinski definition) is 0. The second-order valence-electron chi connectivity index (χ2n) is 4.94. The molecule has 0 fully saturated rings. The van der Waals surface area contributed by atoms with Gasteiger partial charge in [0.05, 0.1) is 6.42 Å². The normalized spacial score (nSPS) is 11.0. The Hall–Kier alpha value is -2.01. The third kappa shape index (κ3) is 3.51. The monoisotopic (exact) mass is 274 g/mol. The molecule has 0 unspecified atom stereocenters. The minimum atomic E-state index is -0.0853. The molecule has 5 nitrogen and oxygen atoms in total. The Morgan fingerprint density at radius 2 is 2.00 bits per heavy atom. The predicted octanol–water partition coefficient (Wildman–Crippen LogP) is 2.62. The van der Waals surface area contributed by atoms with E-state index in [0.29, 0.717) is 17.6 Å². The summed E-state index contributed by atoms with van der Waals surface area (Å²) in [5.41, 5.74) is 2.14. The van der Waals surface area contributed by atoms with Crippen LogP contribution in [0, 0.1) is 0 Å². The summed E-state index contributed by atoms with van der Waals surface area (Å²) < 4.78 is 9.84. The van der Waals surface area contributed by atoms with E-state index in [-0.39, 0.29) is 18.8 Å². The highest BCUT2D eigenvalue weighted by atomic mass is 16.5. The maximum absolute atomic E-state index is 11.4. The minimum Gasteiger partial charge on any atom is -0.377 e. The molecule has 1 aromatic heterocycles. The Morgan fingerprint density at radius 1 is 1.30 bits per heavy atom. The molecule has 0 bridgehead atoms. The first-order valence-corrected chi connectivity index (χ1v) is 6.53. The Balaban J connectivity index is 2.10. The fourth-order valence-electron chi connectivity index (χ4n) is 1.84. The number of hydrogen-bond acceptors (Lipinski definition) is 5. The van der Waals surface area contributed by atoms with Gasteiger partial charge in [0.15, 0.2) is 5.78 Å². The van der Waals surface area contributed by atoms with Crippen LogP contribution in [0.5, 0.6) is 0 Å². The first-order valence-electron chi connectivity index (χ1n) is 6.53. The molecule has 20 heavy (non-hydrogen) atoms. The van der Waals surface area contributed by atoms with Gasteiger partial charge in [-0.05, 0) is 11.5 Å². The average Bonchev–Trinajstić information content (AvgIpc) is 2.87. The molecular weight excluding hydrogens is 256 g/mol. The fourth-order valence-corrected chi connectivity index (χ4v) is 1.84. The standard InChI is InChI=1S/C15H18N2O3/c1-10(2)11-4-6-12(7-5-11)15-16-14(20-17-15)8-13(18)9-19-3/h4-7,10H,8-9H2,1-3H3. The molecule has 0 N–H and O–H groups in total. The maximum atomic E-state index is 11.4. The van der Waals surface area contributed by atoms with Crippen LogP contribution in [0.15, 0.2) is 28.8 Å². The zero-order chi connectivity index (χ0) is 14.5. The summed E-state index contributed by atoms with van der Waals surface area (Å²) in [4.78, 5) is 15.6. The molecule has 0 saturated heterocycles. The van der Waals surface area contributed by atoms with Gasteiger partial charge >= 0.3 is 0 Å². The fraction of sp³-hybridized carbons (Fsp3) is 0.400. The molecule has 0 aliphatic heterocycles. The number of carbonyl (C=O) groups excluding carboxylic acids is 1. The lowest BCUT2D eigenvalue weighted by atomic mass is 10.0. The van der Waals surface area contributed by atoms with Gasteiger partial charge in [-0.2, -0.15) is 4.98 Å². The molecule has 2 rings (SSSR count). The number of nitrogens with zero attached hydrogens (tertiary/aromatic N) is 2. The van der Waals surface area contributed by atoms with Crippen molar-refractivity contribution < 1.29 is 14.1 Å². The minimum absolute atomic E-state index is 0.0563. The third-order valence-corrected chi connectivity index (χ3v) is 2.96. The van der Waals surface area contributed by atoms with Crippen molar-refractivity contribution in [3.05, 3.63) is 35.7 Å². The number of carbonyl (C=O) groups is 1. The van der Waals surface area contributed by atoms with Crippen LogP contribution >= 0.6 is 0 Å². The van der Waals surface area contributed by atoms with E-state index >= 15 is 0 Å². The molecule has 1 aromatic carbocycles. The first-order chi connectivity index (χ1) is 9.60. The van der Waals surface area contributed by atoms with Crippen molar-refractivity contribution in [2.45, 2.75) is 26.2 Å². The zero-order valence-corrected chi connectivity index (χ0v) is 11.9. The third-order valence-electron chi connectivity index (χ3n) is 2.96. The van der Waals surface area contributed by atoms with E-state index in [1.165, 1.54) is 12.7 Å². The second-order valence-corrected chi connectivity index (χ2v) is 4.94. The molecule has 0 amide bonds. The van der Waals surface area contributed by atoms with E-state index in [4.69, 9.17) is 9.26 Å². The predicted molar refractivity (Wildman–Crippen MR) is 74.4 cm³/mol. The van der Waals surface area contributed by atoms with Gasteiger partial charge in [0, 0.05) is 12.7 Å². The van der Waals surface area contributed by atoms with E-state index in [9.17, 15) is 4.79 Å². The molecule has 0 radical (unpaired) electrons. The van der Waals surface area contributed by atoms with Crippen LogP contribution < -0.4 is 0 Å². The highest BCUT2D eigenvalue weighted by Crippen LogP contribution is 2.20. The van der Waals surface area contributed by atoms with Gasteiger partial charge in [-0.25, -0.2) is 0 Å². The molecule has 0 spiro atoms. The summed E-state index contributed by atoms with van der Waals surface area (Å²) in [5, 5.41) is 3.89. The Labute approximate surface area is 118 Å². The van der Waals surface area contributed by atoms with E-state index < -0.39 is 0 Å². The van der Waals surface area contributed by atoms with Crippen molar-refractivity contribution in [2.24, 2.45) is 0 Å². The number of rotatable bonds is 6. The van der Waals surface area contributed by atoms with E-state index in [0.717, 1.165) is 5.56 Å². The number of methoxy groups -OCH3 is 1. The molecule has 5 heteroatoms. The van der Waals surface area contributed by atoms with E-state index in [1.54, 1.807) is 0 Å². The Kier molecular flexibility index (Phi) is 4.63. The molecule has 1 heterocycles. The van der Waals surface area contributed by atoms with Gasteiger partial charge in [0.25, 0.3) is 0 Å². The van der Waals surface area contributed by atoms with Crippen LogP contribution in [-0.4, -0.2) is 29.6 Å². The number of benzene rings is 1. The summed E-state index contributed by atoms with van der Waals surface area (Å²) >= 11 is 0. The van der Waals surface area contributed by atoms with Crippen molar-refractivity contribution in [1.82, 2.24) is 10.1 Å². The largest absolute Gasteiger partial charge is 0.377 e. The molecule has 2 aromatic rings. The SMILES string of the molecule is COCC(=O)Cc1nc(-c2ccc(C(C)C)cc2)no1. The second kappa shape index (κ2) is 6.43. The topological polar surface area (TPSA) is 65.2 Å². The first kappa shape index (κ1) is 14.4. The smallest absolute Gasteiger partial charge is 0.234 e. The van der Waals surface area contributed by atoms with Gasteiger partial charge in [-0.1, -0.05) is 43.3 Å². The average molecular weight is 274 g/mol. The molecule has 0 aliphatic carbocycles. The maximum Gasteiger partial charge on any atom is 0.234 e. The van der Waals surface area contributed by atoms with Crippen molar-refractivity contribution in [3.8, 4) is 11.4 Å². The molecule has 0 aliphatic rings. The van der Waals surface area contributed by atoms with Gasteiger partial charge in [0.2, 0.25) is 11.7 Å². The summed E-state index contributed by atoms with van der Waals surface area (Å²) in [6.07, 6.45) is 0.102.